The molecule has 0 spiro atoms. The zero-order chi connectivity index (χ0) is 19.0. The Morgan fingerprint density at radius 1 is 1.15 bits per heavy atom. The van der Waals surface area contributed by atoms with Crippen molar-refractivity contribution in [3.8, 4) is 0 Å². The summed E-state index contributed by atoms with van der Waals surface area (Å²) in [6.07, 6.45) is 6.47. The van der Waals surface area contributed by atoms with Crippen LogP contribution in [0.1, 0.15) is 29.5 Å². The number of halogens is 1. The van der Waals surface area contributed by atoms with Gasteiger partial charge in [-0.15, -0.1) is 0 Å². The minimum Gasteiger partial charge on any atom is -0.468 e. The number of allylic oxidation sites excluding steroid dienone is 1. The normalized spacial score (nSPS) is 19.1. The molecule has 0 radical (unpaired) electrons. The minimum atomic E-state index is -0.979. The SMILES string of the molecule is COC(=O)C1(c2cccc(F)c2C)C=C(c2ccc3nccnc3c2)CC1. The van der Waals surface area contributed by atoms with Gasteiger partial charge in [0, 0.05) is 12.4 Å². The highest BCUT2D eigenvalue weighted by Crippen LogP contribution is 2.45. The maximum absolute atomic E-state index is 14.2. The van der Waals surface area contributed by atoms with Crippen molar-refractivity contribution < 1.29 is 13.9 Å². The van der Waals surface area contributed by atoms with Gasteiger partial charge in [0.05, 0.1) is 18.1 Å². The van der Waals surface area contributed by atoms with Crippen LogP contribution in [0.3, 0.4) is 0 Å². The third kappa shape index (κ3) is 2.79. The number of benzene rings is 2. The van der Waals surface area contributed by atoms with Gasteiger partial charge in [-0.25, -0.2) is 4.39 Å². The first-order valence-electron chi connectivity index (χ1n) is 8.82. The van der Waals surface area contributed by atoms with Gasteiger partial charge in [-0.2, -0.15) is 0 Å². The molecule has 0 amide bonds. The summed E-state index contributed by atoms with van der Waals surface area (Å²) in [5.41, 5.74) is 3.79. The molecule has 0 N–H and O–H groups in total. The van der Waals surface area contributed by atoms with Crippen molar-refractivity contribution in [2.75, 3.05) is 7.11 Å². The number of nitrogens with zero attached hydrogens (tertiary/aromatic N) is 2. The monoisotopic (exact) mass is 362 g/mol. The van der Waals surface area contributed by atoms with E-state index in [4.69, 9.17) is 4.74 Å². The summed E-state index contributed by atoms with van der Waals surface area (Å²) in [6, 6.07) is 10.7. The predicted octanol–water partition coefficient (Wildman–Crippen LogP) is 4.37. The van der Waals surface area contributed by atoms with Crippen LogP contribution in [-0.2, 0) is 14.9 Å². The minimum absolute atomic E-state index is 0.321. The number of rotatable bonds is 3. The van der Waals surface area contributed by atoms with Crippen LogP contribution in [0.5, 0.6) is 0 Å². The van der Waals surface area contributed by atoms with E-state index >= 15 is 0 Å². The molecule has 1 heterocycles. The Kier molecular flexibility index (Phi) is 4.22. The number of methoxy groups -OCH3 is 1. The molecule has 136 valence electrons. The summed E-state index contributed by atoms with van der Waals surface area (Å²) >= 11 is 0. The first-order chi connectivity index (χ1) is 13.0. The first-order valence-corrected chi connectivity index (χ1v) is 8.82. The van der Waals surface area contributed by atoms with E-state index in [0.717, 1.165) is 22.2 Å². The molecule has 3 aromatic rings. The molecule has 0 aliphatic heterocycles. The predicted molar refractivity (Wildman–Crippen MR) is 102 cm³/mol. The van der Waals surface area contributed by atoms with Crippen molar-refractivity contribution in [2.24, 2.45) is 0 Å². The lowest BCUT2D eigenvalue weighted by atomic mass is 9.77. The number of aromatic nitrogens is 2. The standard InChI is InChI=1S/C22H19FN2O2/c1-14-17(4-3-5-18(14)23)22(21(26)27-2)9-8-16(13-22)15-6-7-19-20(12-15)25-11-10-24-19/h3-7,10-13H,8-9H2,1-2H3. The highest BCUT2D eigenvalue weighted by atomic mass is 19.1. The number of carbonyl (C=O) groups excluding carboxylic acids is 1. The first kappa shape index (κ1) is 17.3. The number of fused-ring (bicyclic) bond motifs is 1. The fourth-order valence-electron chi connectivity index (χ4n) is 3.92. The van der Waals surface area contributed by atoms with Gasteiger partial charge in [0.15, 0.2) is 0 Å². The van der Waals surface area contributed by atoms with Crippen molar-refractivity contribution in [2.45, 2.75) is 25.2 Å². The molecule has 1 unspecified atom stereocenters. The molecule has 4 nitrogen and oxygen atoms in total. The molecule has 5 heteroatoms. The van der Waals surface area contributed by atoms with E-state index in [2.05, 4.69) is 9.97 Å². The van der Waals surface area contributed by atoms with Crippen molar-refractivity contribution >= 4 is 22.6 Å². The number of hydrogen-bond donors (Lipinski definition) is 0. The van der Waals surface area contributed by atoms with Crippen LogP contribution in [-0.4, -0.2) is 23.0 Å². The number of esters is 1. The van der Waals surface area contributed by atoms with Gasteiger partial charge in [-0.05, 0) is 60.2 Å². The molecule has 0 saturated heterocycles. The van der Waals surface area contributed by atoms with Gasteiger partial charge in [0.1, 0.15) is 11.2 Å². The van der Waals surface area contributed by atoms with Crippen LogP contribution in [0, 0.1) is 12.7 Å². The molecule has 2 aromatic carbocycles. The van der Waals surface area contributed by atoms with Crippen molar-refractivity contribution in [1.29, 1.82) is 0 Å². The van der Waals surface area contributed by atoms with E-state index in [0.29, 0.717) is 24.0 Å². The Morgan fingerprint density at radius 2 is 1.93 bits per heavy atom. The fourth-order valence-corrected chi connectivity index (χ4v) is 3.92. The molecule has 4 rings (SSSR count). The molecule has 0 saturated carbocycles. The number of hydrogen-bond acceptors (Lipinski definition) is 4. The second-order valence-corrected chi connectivity index (χ2v) is 6.80. The number of carbonyl (C=O) groups is 1. The second-order valence-electron chi connectivity index (χ2n) is 6.80. The van der Waals surface area contributed by atoms with Crippen LogP contribution >= 0.6 is 0 Å². The fraction of sp³-hybridized carbons (Fsp3) is 0.227. The van der Waals surface area contributed by atoms with Crippen LogP contribution in [0.2, 0.25) is 0 Å². The molecule has 1 aromatic heterocycles. The average molecular weight is 362 g/mol. The lowest BCUT2D eigenvalue weighted by molar-refractivity contribution is -0.145. The molecule has 1 aliphatic carbocycles. The van der Waals surface area contributed by atoms with Gasteiger partial charge < -0.3 is 4.74 Å². The van der Waals surface area contributed by atoms with Gasteiger partial charge >= 0.3 is 5.97 Å². The third-order valence-corrected chi connectivity index (χ3v) is 5.35. The van der Waals surface area contributed by atoms with Gasteiger partial charge in [0.2, 0.25) is 0 Å². The summed E-state index contributed by atoms with van der Waals surface area (Å²) in [5.74, 6) is -0.689. The lowest BCUT2D eigenvalue weighted by Crippen LogP contribution is -2.34. The summed E-state index contributed by atoms with van der Waals surface area (Å²) < 4.78 is 19.3. The molecule has 27 heavy (non-hydrogen) atoms. The van der Waals surface area contributed by atoms with Crippen LogP contribution in [0.25, 0.3) is 16.6 Å². The maximum Gasteiger partial charge on any atom is 0.320 e. The third-order valence-electron chi connectivity index (χ3n) is 5.35. The van der Waals surface area contributed by atoms with Crippen LogP contribution < -0.4 is 0 Å². The van der Waals surface area contributed by atoms with E-state index < -0.39 is 5.41 Å². The topological polar surface area (TPSA) is 52.1 Å². The molecule has 0 bridgehead atoms. The lowest BCUT2D eigenvalue weighted by Gasteiger charge is -2.26. The molecule has 1 aliphatic rings. The van der Waals surface area contributed by atoms with E-state index in [1.165, 1.54) is 13.2 Å². The molecular weight excluding hydrogens is 343 g/mol. The quantitative estimate of drug-likeness (QED) is 0.650. The van der Waals surface area contributed by atoms with Crippen LogP contribution in [0.15, 0.2) is 54.9 Å². The summed E-state index contributed by atoms with van der Waals surface area (Å²) in [4.78, 5) is 21.4. The second kappa shape index (κ2) is 6.58. The Balaban J connectivity index is 1.85. The number of ether oxygens (including phenoxy) is 1. The summed E-state index contributed by atoms with van der Waals surface area (Å²) in [6.45, 7) is 1.70. The Bertz CT molecular complexity index is 1080. The highest BCUT2D eigenvalue weighted by molar-refractivity contribution is 5.92. The Morgan fingerprint density at radius 3 is 2.70 bits per heavy atom. The maximum atomic E-state index is 14.2. The van der Waals surface area contributed by atoms with Crippen molar-refractivity contribution in [1.82, 2.24) is 9.97 Å². The molecule has 1 atom stereocenters. The smallest absolute Gasteiger partial charge is 0.320 e. The van der Waals surface area contributed by atoms with E-state index in [-0.39, 0.29) is 11.8 Å². The zero-order valence-electron chi connectivity index (χ0n) is 15.2. The Hall–Kier alpha value is -3.08. The van der Waals surface area contributed by atoms with Gasteiger partial charge in [0.25, 0.3) is 0 Å². The van der Waals surface area contributed by atoms with Crippen LogP contribution in [0.4, 0.5) is 4.39 Å². The van der Waals surface area contributed by atoms with E-state index in [9.17, 15) is 9.18 Å². The van der Waals surface area contributed by atoms with Gasteiger partial charge in [-0.1, -0.05) is 24.3 Å². The van der Waals surface area contributed by atoms with Gasteiger partial charge in [-0.3, -0.25) is 14.8 Å². The molecule has 0 fully saturated rings. The Labute approximate surface area is 156 Å². The average Bonchev–Trinajstić information content (AvgIpc) is 3.15. The molecular formula is C22H19FN2O2. The van der Waals surface area contributed by atoms with E-state index in [1.807, 2.05) is 24.3 Å². The summed E-state index contributed by atoms with van der Waals surface area (Å²) in [7, 11) is 1.37. The van der Waals surface area contributed by atoms with Crippen molar-refractivity contribution in [3.63, 3.8) is 0 Å². The van der Waals surface area contributed by atoms with Crippen molar-refractivity contribution in [3.05, 3.63) is 77.4 Å². The van der Waals surface area contributed by atoms with E-state index in [1.54, 1.807) is 31.5 Å². The highest BCUT2D eigenvalue weighted by Gasteiger charge is 2.44. The largest absolute Gasteiger partial charge is 0.468 e. The summed E-state index contributed by atoms with van der Waals surface area (Å²) in [5, 5.41) is 0. The zero-order valence-corrected chi connectivity index (χ0v) is 15.2.